The SMILES string of the molecule is CC1CCCSC1CN=N. The first-order valence-corrected chi connectivity index (χ1v) is 4.84. The van der Waals surface area contributed by atoms with Crippen LogP contribution in [-0.4, -0.2) is 17.5 Å². The first kappa shape index (κ1) is 8.05. The molecule has 0 aromatic rings. The van der Waals surface area contributed by atoms with Crippen LogP contribution in [0.4, 0.5) is 0 Å². The van der Waals surface area contributed by atoms with Gasteiger partial charge in [0.2, 0.25) is 0 Å². The van der Waals surface area contributed by atoms with E-state index in [0.717, 1.165) is 12.5 Å². The standard InChI is InChI=1S/C7H14N2S/c1-6-3-2-4-10-7(6)5-9-8/h6-8H,2-5H2,1H3. The summed E-state index contributed by atoms with van der Waals surface area (Å²) in [4.78, 5) is 0. The van der Waals surface area contributed by atoms with E-state index in [1.807, 2.05) is 11.8 Å². The van der Waals surface area contributed by atoms with Crippen LogP contribution in [0.1, 0.15) is 19.8 Å². The number of thioether (sulfide) groups is 1. The van der Waals surface area contributed by atoms with Gasteiger partial charge in [-0.15, -0.1) is 0 Å². The first-order chi connectivity index (χ1) is 4.84. The van der Waals surface area contributed by atoms with Crippen LogP contribution in [0.2, 0.25) is 0 Å². The van der Waals surface area contributed by atoms with Gasteiger partial charge in [0.15, 0.2) is 0 Å². The minimum Gasteiger partial charge on any atom is -0.210 e. The minimum atomic E-state index is 0.631. The third-order valence-corrected chi connectivity index (χ3v) is 3.61. The third kappa shape index (κ3) is 1.97. The molecule has 0 bridgehead atoms. The van der Waals surface area contributed by atoms with Crippen molar-refractivity contribution in [1.29, 1.82) is 5.53 Å². The van der Waals surface area contributed by atoms with Crippen LogP contribution in [-0.2, 0) is 0 Å². The number of rotatable bonds is 2. The molecule has 1 N–H and O–H groups in total. The highest BCUT2D eigenvalue weighted by Gasteiger charge is 2.20. The predicted octanol–water partition coefficient (Wildman–Crippen LogP) is 2.55. The topological polar surface area (TPSA) is 36.2 Å². The van der Waals surface area contributed by atoms with Gasteiger partial charge in [-0.3, -0.25) is 0 Å². The molecule has 58 valence electrons. The second-order valence-electron chi connectivity index (χ2n) is 2.87. The lowest BCUT2D eigenvalue weighted by Gasteiger charge is -2.26. The first-order valence-electron chi connectivity index (χ1n) is 3.79. The minimum absolute atomic E-state index is 0.631. The van der Waals surface area contributed by atoms with Gasteiger partial charge in [0, 0.05) is 5.25 Å². The Labute approximate surface area is 66.3 Å². The fraction of sp³-hybridized carbons (Fsp3) is 1.00. The van der Waals surface area contributed by atoms with Crippen molar-refractivity contribution >= 4 is 11.8 Å². The highest BCUT2D eigenvalue weighted by molar-refractivity contribution is 8.00. The molecule has 0 radical (unpaired) electrons. The van der Waals surface area contributed by atoms with Gasteiger partial charge in [-0.2, -0.15) is 16.9 Å². The van der Waals surface area contributed by atoms with Crippen LogP contribution in [0.3, 0.4) is 0 Å². The average molecular weight is 158 g/mol. The van der Waals surface area contributed by atoms with Crippen molar-refractivity contribution in [3.63, 3.8) is 0 Å². The van der Waals surface area contributed by atoms with Crippen LogP contribution in [0, 0.1) is 11.4 Å². The van der Waals surface area contributed by atoms with E-state index in [-0.39, 0.29) is 0 Å². The van der Waals surface area contributed by atoms with E-state index < -0.39 is 0 Å². The van der Waals surface area contributed by atoms with Crippen molar-refractivity contribution in [2.45, 2.75) is 25.0 Å². The molecule has 1 fully saturated rings. The molecule has 0 saturated carbocycles. The van der Waals surface area contributed by atoms with E-state index in [1.54, 1.807) is 0 Å². The van der Waals surface area contributed by atoms with Crippen molar-refractivity contribution in [3.8, 4) is 0 Å². The Balaban J connectivity index is 2.32. The molecule has 0 aromatic carbocycles. The van der Waals surface area contributed by atoms with Gasteiger partial charge in [0.1, 0.15) is 0 Å². The van der Waals surface area contributed by atoms with E-state index in [2.05, 4.69) is 12.0 Å². The molecule has 0 aromatic heterocycles. The summed E-state index contributed by atoms with van der Waals surface area (Å²) in [6.45, 7) is 2.99. The quantitative estimate of drug-likeness (QED) is 0.616. The number of nitrogens with zero attached hydrogens (tertiary/aromatic N) is 1. The van der Waals surface area contributed by atoms with Crippen LogP contribution in [0.5, 0.6) is 0 Å². The summed E-state index contributed by atoms with van der Waals surface area (Å²) >= 11 is 1.98. The maximum Gasteiger partial charge on any atom is 0.0717 e. The van der Waals surface area contributed by atoms with Crippen molar-refractivity contribution in [2.24, 2.45) is 11.0 Å². The van der Waals surface area contributed by atoms with E-state index >= 15 is 0 Å². The molecule has 2 atom stereocenters. The van der Waals surface area contributed by atoms with Crippen LogP contribution >= 0.6 is 11.8 Å². The summed E-state index contributed by atoms with van der Waals surface area (Å²) in [6, 6.07) is 0. The lowest BCUT2D eigenvalue weighted by Crippen LogP contribution is -2.22. The normalized spacial score (nSPS) is 33.7. The Bertz CT molecular complexity index is 116. The second-order valence-corrected chi connectivity index (χ2v) is 4.22. The summed E-state index contributed by atoms with van der Waals surface area (Å²) < 4.78 is 0. The molecule has 1 rings (SSSR count). The summed E-state index contributed by atoms with van der Waals surface area (Å²) in [5, 5.41) is 4.07. The Morgan fingerprint density at radius 2 is 2.50 bits per heavy atom. The van der Waals surface area contributed by atoms with Gasteiger partial charge in [0.25, 0.3) is 0 Å². The smallest absolute Gasteiger partial charge is 0.0717 e. The monoisotopic (exact) mass is 158 g/mol. The maximum absolute atomic E-state index is 6.74. The zero-order valence-electron chi connectivity index (χ0n) is 6.34. The van der Waals surface area contributed by atoms with E-state index in [4.69, 9.17) is 5.53 Å². The molecular weight excluding hydrogens is 144 g/mol. The van der Waals surface area contributed by atoms with Crippen LogP contribution in [0.15, 0.2) is 5.11 Å². The largest absolute Gasteiger partial charge is 0.210 e. The summed E-state index contributed by atoms with van der Waals surface area (Å²) in [7, 11) is 0. The molecule has 0 amide bonds. The van der Waals surface area contributed by atoms with Crippen molar-refractivity contribution in [2.75, 3.05) is 12.3 Å². The molecule has 1 aliphatic rings. The predicted molar refractivity (Wildman–Crippen MR) is 44.7 cm³/mol. The molecule has 1 heterocycles. The number of hydrogen-bond donors (Lipinski definition) is 1. The molecule has 0 spiro atoms. The summed E-state index contributed by atoms with van der Waals surface area (Å²) in [6.07, 6.45) is 2.67. The molecular formula is C7H14N2S. The van der Waals surface area contributed by atoms with Gasteiger partial charge in [-0.25, -0.2) is 5.53 Å². The lowest BCUT2D eigenvalue weighted by molar-refractivity contribution is 0.487. The molecule has 2 unspecified atom stereocenters. The van der Waals surface area contributed by atoms with Gasteiger partial charge in [-0.1, -0.05) is 6.92 Å². The van der Waals surface area contributed by atoms with E-state index in [0.29, 0.717) is 5.25 Å². The van der Waals surface area contributed by atoms with Crippen LogP contribution < -0.4 is 0 Å². The molecule has 1 saturated heterocycles. The zero-order valence-corrected chi connectivity index (χ0v) is 7.16. The molecule has 3 heteroatoms. The van der Waals surface area contributed by atoms with E-state index in [1.165, 1.54) is 18.6 Å². The molecule has 10 heavy (non-hydrogen) atoms. The van der Waals surface area contributed by atoms with Crippen molar-refractivity contribution < 1.29 is 0 Å². The second kappa shape index (κ2) is 3.96. The van der Waals surface area contributed by atoms with E-state index in [9.17, 15) is 0 Å². The Morgan fingerprint density at radius 1 is 1.70 bits per heavy atom. The summed E-state index contributed by atoms with van der Waals surface area (Å²) in [5.41, 5.74) is 6.74. The maximum atomic E-state index is 6.74. The van der Waals surface area contributed by atoms with Gasteiger partial charge >= 0.3 is 0 Å². The molecule has 2 nitrogen and oxygen atoms in total. The fourth-order valence-corrected chi connectivity index (χ4v) is 2.59. The fourth-order valence-electron chi connectivity index (χ4n) is 1.31. The van der Waals surface area contributed by atoms with Gasteiger partial charge < -0.3 is 0 Å². The number of nitrogens with one attached hydrogen (secondary N) is 1. The molecule has 1 aliphatic heterocycles. The Kier molecular flexibility index (Phi) is 3.19. The van der Waals surface area contributed by atoms with Crippen molar-refractivity contribution in [1.82, 2.24) is 0 Å². The zero-order chi connectivity index (χ0) is 7.40. The van der Waals surface area contributed by atoms with Crippen LogP contribution in [0.25, 0.3) is 0 Å². The Hall–Kier alpha value is -0.0500. The third-order valence-electron chi connectivity index (χ3n) is 2.04. The highest BCUT2D eigenvalue weighted by atomic mass is 32.2. The van der Waals surface area contributed by atoms with Crippen molar-refractivity contribution in [3.05, 3.63) is 0 Å². The lowest BCUT2D eigenvalue weighted by atomic mass is 10.0. The average Bonchev–Trinajstić information content (AvgIpc) is 1.94. The Morgan fingerprint density at radius 3 is 3.10 bits per heavy atom. The van der Waals surface area contributed by atoms with Gasteiger partial charge in [0.05, 0.1) is 6.54 Å². The number of hydrogen-bond acceptors (Lipinski definition) is 3. The van der Waals surface area contributed by atoms with Gasteiger partial charge in [-0.05, 0) is 24.5 Å². The molecule has 0 aliphatic carbocycles. The highest BCUT2D eigenvalue weighted by Crippen LogP contribution is 2.30. The summed E-state index contributed by atoms with van der Waals surface area (Å²) in [5.74, 6) is 2.04.